The van der Waals surface area contributed by atoms with Crippen LogP contribution < -0.4 is 10.0 Å². The predicted molar refractivity (Wildman–Crippen MR) is 119 cm³/mol. The number of hydrogen-bond acceptors (Lipinski definition) is 3. The molecule has 1 aromatic carbocycles. The molecule has 0 saturated carbocycles. The van der Waals surface area contributed by atoms with Gasteiger partial charge in [-0.3, -0.25) is 4.79 Å². The van der Waals surface area contributed by atoms with E-state index < -0.39 is 10.0 Å². The molecule has 7 heteroatoms. The van der Waals surface area contributed by atoms with Gasteiger partial charge in [-0.15, -0.1) is 0 Å². The first-order valence-electron chi connectivity index (χ1n) is 10.8. The minimum absolute atomic E-state index is 0.0262. The van der Waals surface area contributed by atoms with Gasteiger partial charge >= 0.3 is 0 Å². The molecule has 0 unspecified atom stereocenters. The van der Waals surface area contributed by atoms with Crippen molar-refractivity contribution in [3.8, 4) is 0 Å². The molecule has 1 aromatic rings. The molecule has 1 amide bonds. The number of sulfonamides is 1. The van der Waals surface area contributed by atoms with Gasteiger partial charge in [0.15, 0.2) is 0 Å². The molecule has 0 aliphatic heterocycles. The van der Waals surface area contributed by atoms with Crippen LogP contribution in [0.2, 0.25) is 0 Å². The third-order valence-corrected chi connectivity index (χ3v) is 7.48. The van der Waals surface area contributed by atoms with Crippen molar-refractivity contribution < 1.29 is 17.6 Å². The molecule has 0 radical (unpaired) electrons. The molecule has 0 fully saturated rings. The van der Waals surface area contributed by atoms with E-state index in [2.05, 4.69) is 30.0 Å². The largest absolute Gasteiger partial charge is 0.352 e. The summed E-state index contributed by atoms with van der Waals surface area (Å²) in [5.41, 5.74) is 2.00. The molecule has 30 heavy (non-hydrogen) atoms. The van der Waals surface area contributed by atoms with Gasteiger partial charge in [-0.25, -0.2) is 17.5 Å². The molecule has 3 atom stereocenters. The summed E-state index contributed by atoms with van der Waals surface area (Å²) in [6.07, 6.45) is 4.02. The zero-order valence-corrected chi connectivity index (χ0v) is 19.3. The Morgan fingerprint density at radius 2 is 1.90 bits per heavy atom. The Morgan fingerprint density at radius 3 is 2.50 bits per heavy atom. The molecule has 2 rings (SSSR count). The number of carbonyl (C=O) groups is 1. The Kier molecular flexibility index (Phi) is 9.04. The fourth-order valence-corrected chi connectivity index (χ4v) is 5.30. The van der Waals surface area contributed by atoms with Crippen LogP contribution in [-0.2, 0) is 21.4 Å². The van der Waals surface area contributed by atoms with Crippen molar-refractivity contribution in [2.45, 2.75) is 53.5 Å². The van der Waals surface area contributed by atoms with Crippen LogP contribution in [0.5, 0.6) is 0 Å². The molecule has 168 valence electrons. The molecule has 1 aliphatic rings. The molecule has 0 saturated heterocycles. The van der Waals surface area contributed by atoms with E-state index in [0.717, 1.165) is 17.6 Å². The highest BCUT2D eigenvalue weighted by molar-refractivity contribution is 7.89. The van der Waals surface area contributed by atoms with E-state index >= 15 is 0 Å². The minimum atomic E-state index is -3.23. The lowest BCUT2D eigenvalue weighted by Crippen LogP contribution is -2.38. The van der Waals surface area contributed by atoms with Gasteiger partial charge in [0.05, 0.1) is 5.75 Å². The molecule has 0 aromatic heterocycles. The number of benzene rings is 1. The van der Waals surface area contributed by atoms with E-state index in [4.69, 9.17) is 0 Å². The average Bonchev–Trinajstić information content (AvgIpc) is 2.67. The highest BCUT2D eigenvalue weighted by Gasteiger charge is 2.33. The second kappa shape index (κ2) is 11.0. The second-order valence-corrected chi connectivity index (χ2v) is 10.6. The fourth-order valence-electron chi connectivity index (χ4n) is 4.17. The molecule has 2 N–H and O–H groups in total. The summed E-state index contributed by atoms with van der Waals surface area (Å²) in [7, 11) is -3.23. The maximum absolute atomic E-state index is 13.0. The van der Waals surface area contributed by atoms with Crippen molar-refractivity contribution >= 4 is 15.9 Å². The molecular weight excluding hydrogens is 403 g/mol. The summed E-state index contributed by atoms with van der Waals surface area (Å²) in [6, 6.07) is 6.11. The summed E-state index contributed by atoms with van der Waals surface area (Å²) in [4.78, 5) is 12.5. The monoisotopic (exact) mass is 438 g/mol. The smallest absolute Gasteiger partial charge is 0.220 e. The van der Waals surface area contributed by atoms with E-state index in [9.17, 15) is 17.6 Å². The van der Waals surface area contributed by atoms with Crippen LogP contribution in [-0.4, -0.2) is 26.6 Å². The number of halogens is 1. The summed E-state index contributed by atoms with van der Waals surface area (Å²) in [5.74, 6) is 0.809. The molecule has 0 bridgehead atoms. The fraction of sp³-hybridized carbons (Fsp3) is 0.609. The lowest BCUT2D eigenvalue weighted by molar-refractivity contribution is -0.122. The van der Waals surface area contributed by atoms with E-state index in [-0.39, 0.29) is 29.3 Å². The molecule has 0 spiro atoms. The van der Waals surface area contributed by atoms with Crippen molar-refractivity contribution in [2.75, 3.05) is 12.3 Å². The predicted octanol–water partition coefficient (Wildman–Crippen LogP) is 4.02. The SMILES string of the molecule is CCCS(=O)(=O)NC[C@H]1C=C(C)[C@H](CC(=O)NCc2ccc(F)cc2)C[C@H]1C(C)C. The van der Waals surface area contributed by atoms with Gasteiger partial charge in [0.1, 0.15) is 5.82 Å². The highest BCUT2D eigenvalue weighted by Crippen LogP contribution is 2.38. The van der Waals surface area contributed by atoms with Gasteiger partial charge in [-0.05, 0) is 61.1 Å². The van der Waals surface area contributed by atoms with E-state index in [1.165, 1.54) is 12.1 Å². The van der Waals surface area contributed by atoms with Crippen molar-refractivity contribution in [2.24, 2.45) is 23.7 Å². The number of rotatable bonds is 10. The van der Waals surface area contributed by atoms with Gasteiger partial charge in [0.25, 0.3) is 0 Å². The quantitative estimate of drug-likeness (QED) is 0.542. The first-order valence-corrected chi connectivity index (χ1v) is 12.4. The Hall–Kier alpha value is -1.73. The Morgan fingerprint density at radius 1 is 1.23 bits per heavy atom. The van der Waals surface area contributed by atoms with Gasteiger partial charge < -0.3 is 5.32 Å². The average molecular weight is 439 g/mol. The summed E-state index contributed by atoms with van der Waals surface area (Å²) >= 11 is 0. The third-order valence-electron chi connectivity index (χ3n) is 5.93. The first kappa shape index (κ1) is 24.5. The van der Waals surface area contributed by atoms with Crippen LogP contribution in [0.4, 0.5) is 4.39 Å². The molecule has 1 aliphatic carbocycles. The van der Waals surface area contributed by atoms with Gasteiger partial charge in [-0.1, -0.05) is 44.6 Å². The van der Waals surface area contributed by atoms with Crippen molar-refractivity contribution in [1.29, 1.82) is 0 Å². The molecular formula is C23H35FN2O3S. The Labute approximate surface area is 180 Å². The molecule has 0 heterocycles. The summed E-state index contributed by atoms with van der Waals surface area (Å²) in [5, 5.41) is 2.92. The maximum atomic E-state index is 13.0. The van der Waals surface area contributed by atoms with Gasteiger partial charge in [-0.2, -0.15) is 0 Å². The normalized spacial score (nSPS) is 22.1. The second-order valence-electron chi connectivity index (χ2n) is 8.69. The zero-order valence-electron chi connectivity index (χ0n) is 18.4. The Balaban J connectivity index is 1.97. The third kappa shape index (κ3) is 7.51. The Bertz CT molecular complexity index is 835. The number of nitrogens with one attached hydrogen (secondary N) is 2. The number of hydrogen-bond donors (Lipinski definition) is 2. The topological polar surface area (TPSA) is 75.3 Å². The lowest BCUT2D eigenvalue weighted by atomic mass is 9.70. The number of carbonyl (C=O) groups excluding carboxylic acids is 1. The summed E-state index contributed by atoms with van der Waals surface area (Å²) < 4.78 is 39.8. The van der Waals surface area contributed by atoms with E-state index in [1.54, 1.807) is 12.1 Å². The van der Waals surface area contributed by atoms with Gasteiger partial charge in [0.2, 0.25) is 15.9 Å². The zero-order chi connectivity index (χ0) is 22.3. The van der Waals surface area contributed by atoms with Crippen LogP contribution in [0.25, 0.3) is 0 Å². The van der Waals surface area contributed by atoms with Crippen molar-refractivity contribution in [3.05, 3.63) is 47.3 Å². The van der Waals surface area contributed by atoms with Crippen LogP contribution in [0.15, 0.2) is 35.9 Å². The molecule has 5 nitrogen and oxygen atoms in total. The van der Waals surface area contributed by atoms with Crippen molar-refractivity contribution in [3.63, 3.8) is 0 Å². The van der Waals surface area contributed by atoms with Crippen LogP contribution in [0.1, 0.15) is 52.5 Å². The number of allylic oxidation sites excluding steroid dienone is 1. The first-order chi connectivity index (χ1) is 14.1. The van der Waals surface area contributed by atoms with E-state index in [1.807, 2.05) is 13.8 Å². The minimum Gasteiger partial charge on any atom is -0.352 e. The maximum Gasteiger partial charge on any atom is 0.220 e. The van der Waals surface area contributed by atoms with Crippen LogP contribution in [0, 0.1) is 29.5 Å². The highest BCUT2D eigenvalue weighted by atomic mass is 32.2. The number of amides is 1. The van der Waals surface area contributed by atoms with Crippen LogP contribution >= 0.6 is 0 Å². The van der Waals surface area contributed by atoms with Gasteiger partial charge in [0, 0.05) is 19.5 Å². The summed E-state index contributed by atoms with van der Waals surface area (Å²) in [6.45, 7) is 8.97. The van der Waals surface area contributed by atoms with Crippen LogP contribution in [0.3, 0.4) is 0 Å². The lowest BCUT2D eigenvalue weighted by Gasteiger charge is -2.37. The van der Waals surface area contributed by atoms with E-state index in [0.29, 0.717) is 37.8 Å². The van der Waals surface area contributed by atoms with Crippen molar-refractivity contribution in [1.82, 2.24) is 10.0 Å². The standard InChI is InChI=1S/C23H35FN2O3S/c1-5-10-30(28,29)26-15-20-11-17(4)19(12-22(20)16(2)3)13-23(27)25-14-18-6-8-21(24)9-7-18/h6-9,11,16,19-20,22,26H,5,10,12-15H2,1-4H3,(H,25,27)/t19-,20+,22-/m0/s1.